The predicted molar refractivity (Wildman–Crippen MR) is 79.3 cm³/mol. The number of hydrogen-bond donors (Lipinski definition) is 0. The Bertz CT molecular complexity index is 472. The minimum Gasteiger partial charge on any atom is -0.307 e. The van der Waals surface area contributed by atoms with E-state index in [1.165, 1.54) is 6.21 Å². The second-order valence-corrected chi connectivity index (χ2v) is 6.36. The number of benzene rings is 1. The molecular formula is C14H20F2NO3P. The monoisotopic (exact) mass is 319 g/mol. The van der Waals surface area contributed by atoms with E-state index in [0.29, 0.717) is 0 Å². The van der Waals surface area contributed by atoms with Gasteiger partial charge in [-0.15, -0.1) is 0 Å². The third-order valence-electron chi connectivity index (χ3n) is 2.57. The SMILES string of the molecule is CCOP(=O)(OCC)C(CC(F)F)N=Cc1ccccc1. The highest BCUT2D eigenvalue weighted by atomic mass is 31.2. The minimum atomic E-state index is -3.70. The molecule has 1 aromatic rings. The summed E-state index contributed by atoms with van der Waals surface area (Å²) in [6.07, 6.45) is -1.89. The molecule has 0 aliphatic heterocycles. The fourth-order valence-corrected chi connectivity index (χ4v) is 3.50. The Kier molecular flexibility index (Phi) is 7.72. The van der Waals surface area contributed by atoms with Gasteiger partial charge in [0.05, 0.1) is 13.2 Å². The molecule has 0 saturated carbocycles. The smallest absolute Gasteiger partial charge is 0.307 e. The van der Waals surface area contributed by atoms with Gasteiger partial charge >= 0.3 is 7.60 Å². The van der Waals surface area contributed by atoms with E-state index in [9.17, 15) is 13.3 Å². The van der Waals surface area contributed by atoms with E-state index in [0.717, 1.165) is 5.56 Å². The maximum Gasteiger partial charge on any atom is 0.355 e. The van der Waals surface area contributed by atoms with Crippen molar-refractivity contribution in [1.29, 1.82) is 0 Å². The molecule has 1 atom stereocenters. The van der Waals surface area contributed by atoms with Crippen LogP contribution in [0.3, 0.4) is 0 Å². The first kappa shape index (κ1) is 18.0. The highest BCUT2D eigenvalue weighted by Crippen LogP contribution is 2.55. The predicted octanol–water partition coefficient (Wildman–Crippen LogP) is 4.35. The molecule has 0 spiro atoms. The number of nitrogens with zero attached hydrogens (tertiary/aromatic N) is 1. The zero-order valence-electron chi connectivity index (χ0n) is 12.1. The van der Waals surface area contributed by atoms with Gasteiger partial charge in [0.2, 0.25) is 6.43 Å². The Labute approximate surface area is 123 Å². The molecule has 0 amide bonds. The minimum absolute atomic E-state index is 0.109. The molecule has 1 unspecified atom stereocenters. The summed E-state index contributed by atoms with van der Waals surface area (Å²) in [6, 6.07) is 8.98. The molecule has 0 aliphatic carbocycles. The van der Waals surface area contributed by atoms with Crippen molar-refractivity contribution in [3.8, 4) is 0 Å². The first-order valence-corrected chi connectivity index (χ1v) is 8.38. The Morgan fingerprint density at radius 3 is 2.24 bits per heavy atom. The Hall–Kier alpha value is -1.10. The van der Waals surface area contributed by atoms with E-state index >= 15 is 0 Å². The molecule has 0 N–H and O–H groups in total. The van der Waals surface area contributed by atoms with Gasteiger partial charge in [-0.05, 0) is 19.4 Å². The lowest BCUT2D eigenvalue weighted by Gasteiger charge is -2.23. The third-order valence-corrected chi connectivity index (χ3v) is 4.88. The van der Waals surface area contributed by atoms with Crippen molar-refractivity contribution in [2.45, 2.75) is 32.5 Å². The van der Waals surface area contributed by atoms with Crippen LogP contribution in [0.5, 0.6) is 0 Å². The summed E-state index contributed by atoms with van der Waals surface area (Å²) in [7, 11) is -3.70. The van der Waals surface area contributed by atoms with Crippen LogP contribution in [0.2, 0.25) is 0 Å². The fourth-order valence-electron chi connectivity index (χ4n) is 1.71. The molecule has 0 heterocycles. The summed E-state index contributed by atoms with van der Waals surface area (Å²) in [5.41, 5.74) is 0.733. The molecule has 0 bridgehead atoms. The molecule has 4 nitrogen and oxygen atoms in total. The maximum absolute atomic E-state index is 12.7. The molecule has 1 rings (SSSR count). The van der Waals surface area contributed by atoms with Crippen LogP contribution in [0.25, 0.3) is 0 Å². The summed E-state index contributed by atoms with van der Waals surface area (Å²) in [4.78, 5) is 4.03. The highest BCUT2D eigenvalue weighted by Gasteiger charge is 2.37. The molecular weight excluding hydrogens is 299 g/mol. The topological polar surface area (TPSA) is 47.9 Å². The van der Waals surface area contributed by atoms with E-state index in [1.54, 1.807) is 38.1 Å². The molecule has 0 aliphatic rings. The Balaban J connectivity index is 2.98. The second-order valence-electron chi connectivity index (χ2n) is 4.17. The van der Waals surface area contributed by atoms with Gasteiger partial charge in [-0.1, -0.05) is 30.3 Å². The van der Waals surface area contributed by atoms with Gasteiger partial charge in [0.1, 0.15) is 0 Å². The van der Waals surface area contributed by atoms with Gasteiger partial charge in [-0.2, -0.15) is 0 Å². The fraction of sp³-hybridized carbons (Fsp3) is 0.500. The molecule has 1 aromatic carbocycles. The van der Waals surface area contributed by atoms with Crippen LogP contribution in [0, 0.1) is 0 Å². The highest BCUT2D eigenvalue weighted by molar-refractivity contribution is 7.54. The summed E-state index contributed by atoms with van der Waals surface area (Å²) in [5.74, 6) is -1.21. The normalized spacial score (nSPS) is 14.0. The molecule has 0 aromatic heterocycles. The first-order chi connectivity index (χ1) is 10.0. The Morgan fingerprint density at radius 2 is 1.76 bits per heavy atom. The maximum atomic E-state index is 12.7. The van der Waals surface area contributed by atoms with Gasteiger partial charge in [0.25, 0.3) is 0 Å². The van der Waals surface area contributed by atoms with Crippen molar-refractivity contribution < 1.29 is 22.4 Å². The summed E-state index contributed by atoms with van der Waals surface area (Å²) in [6.45, 7) is 3.48. The number of rotatable bonds is 9. The molecule has 0 fully saturated rings. The lowest BCUT2D eigenvalue weighted by atomic mass is 10.2. The first-order valence-electron chi connectivity index (χ1n) is 6.77. The molecule has 0 radical (unpaired) electrons. The quantitative estimate of drug-likeness (QED) is 0.502. The van der Waals surface area contributed by atoms with Crippen LogP contribution >= 0.6 is 7.60 Å². The van der Waals surface area contributed by atoms with Gasteiger partial charge in [0.15, 0.2) is 5.78 Å². The lowest BCUT2D eigenvalue weighted by molar-refractivity contribution is 0.127. The lowest BCUT2D eigenvalue weighted by Crippen LogP contribution is -2.15. The molecule has 0 saturated heterocycles. The largest absolute Gasteiger partial charge is 0.355 e. The number of hydrogen-bond acceptors (Lipinski definition) is 4. The average Bonchev–Trinajstić information content (AvgIpc) is 2.44. The zero-order valence-corrected chi connectivity index (χ0v) is 13.0. The van der Waals surface area contributed by atoms with Crippen molar-refractivity contribution in [3.63, 3.8) is 0 Å². The van der Waals surface area contributed by atoms with Crippen molar-refractivity contribution >= 4 is 13.8 Å². The van der Waals surface area contributed by atoms with Crippen LogP contribution in [0.1, 0.15) is 25.8 Å². The van der Waals surface area contributed by atoms with Crippen molar-refractivity contribution in [3.05, 3.63) is 35.9 Å². The third kappa shape index (κ3) is 6.04. The van der Waals surface area contributed by atoms with Crippen molar-refractivity contribution in [2.75, 3.05) is 13.2 Å². The molecule has 118 valence electrons. The van der Waals surface area contributed by atoms with Crippen molar-refractivity contribution in [2.24, 2.45) is 4.99 Å². The average molecular weight is 319 g/mol. The van der Waals surface area contributed by atoms with E-state index in [-0.39, 0.29) is 13.2 Å². The van der Waals surface area contributed by atoms with Crippen LogP contribution in [-0.4, -0.2) is 31.6 Å². The number of aliphatic imine (C=N–C) groups is 1. The van der Waals surface area contributed by atoms with Crippen LogP contribution in [0.4, 0.5) is 8.78 Å². The van der Waals surface area contributed by atoms with Gasteiger partial charge in [-0.3, -0.25) is 9.56 Å². The van der Waals surface area contributed by atoms with E-state index in [4.69, 9.17) is 9.05 Å². The van der Waals surface area contributed by atoms with Crippen LogP contribution in [0.15, 0.2) is 35.3 Å². The van der Waals surface area contributed by atoms with Gasteiger partial charge in [0, 0.05) is 12.6 Å². The number of alkyl halides is 2. The summed E-state index contributed by atoms with van der Waals surface area (Å²) < 4.78 is 48.2. The number of halogens is 2. The molecule has 21 heavy (non-hydrogen) atoms. The standard InChI is InChI=1S/C14H20F2NO3P/c1-3-19-21(18,20-4-2)14(10-13(15)16)17-11-12-8-6-5-7-9-12/h5-9,11,13-14H,3-4,10H2,1-2H3. The summed E-state index contributed by atoms with van der Waals surface area (Å²) in [5, 5.41) is 0. The molecule has 7 heteroatoms. The van der Waals surface area contributed by atoms with E-state index in [2.05, 4.69) is 4.99 Å². The van der Waals surface area contributed by atoms with Crippen molar-refractivity contribution in [1.82, 2.24) is 0 Å². The van der Waals surface area contributed by atoms with E-state index in [1.807, 2.05) is 6.07 Å². The Morgan fingerprint density at radius 1 is 1.19 bits per heavy atom. The van der Waals surface area contributed by atoms with Gasteiger partial charge < -0.3 is 9.05 Å². The zero-order chi connectivity index (χ0) is 15.7. The summed E-state index contributed by atoms with van der Waals surface area (Å²) >= 11 is 0. The van der Waals surface area contributed by atoms with Crippen LogP contribution < -0.4 is 0 Å². The van der Waals surface area contributed by atoms with E-state index < -0.39 is 26.2 Å². The van der Waals surface area contributed by atoms with Crippen LogP contribution in [-0.2, 0) is 13.6 Å². The van der Waals surface area contributed by atoms with Gasteiger partial charge in [-0.25, -0.2) is 8.78 Å². The second kappa shape index (κ2) is 9.03.